The van der Waals surface area contributed by atoms with Crippen molar-refractivity contribution in [2.45, 2.75) is 13.3 Å². The van der Waals surface area contributed by atoms with Crippen LogP contribution in [0.3, 0.4) is 0 Å². The molecule has 0 N–H and O–H groups in total. The van der Waals surface area contributed by atoms with Gasteiger partial charge in [-0.15, -0.1) is 0 Å². The molecule has 4 heteroatoms. The molecule has 0 saturated heterocycles. The lowest BCUT2D eigenvalue weighted by Crippen LogP contribution is -2.06. The van der Waals surface area contributed by atoms with Crippen molar-refractivity contribution in [1.82, 2.24) is 0 Å². The maximum absolute atomic E-state index is 13.7. The number of hydrogen-bond acceptors (Lipinski definition) is 3. The Morgan fingerprint density at radius 3 is 2.88 bits per heavy atom. The van der Waals surface area contributed by atoms with Crippen LogP contribution in [-0.4, -0.2) is 24.4 Å². The number of rotatable bonds is 6. The number of carbonyl (C=O) groups is 1. The smallest absolute Gasteiger partial charge is 0.175 e. The van der Waals surface area contributed by atoms with Gasteiger partial charge in [-0.05, 0) is 24.3 Å². The van der Waals surface area contributed by atoms with Crippen molar-refractivity contribution in [3.8, 4) is 5.75 Å². The zero-order valence-electron chi connectivity index (χ0n) is 9.46. The maximum atomic E-state index is 13.7. The fourth-order valence-electron chi connectivity index (χ4n) is 1.27. The van der Waals surface area contributed by atoms with Crippen molar-refractivity contribution in [2.24, 2.45) is 0 Å². The predicted molar refractivity (Wildman–Crippen MR) is 64.9 cm³/mol. The summed E-state index contributed by atoms with van der Waals surface area (Å²) in [4.78, 5) is 11.7. The van der Waals surface area contributed by atoms with Crippen molar-refractivity contribution in [3.63, 3.8) is 0 Å². The Kier molecular flexibility index (Phi) is 5.32. The minimum Gasteiger partial charge on any atom is -0.494 e. The molecule has 0 heterocycles. The topological polar surface area (TPSA) is 26.3 Å². The van der Waals surface area contributed by atoms with Crippen LogP contribution in [0.25, 0.3) is 0 Å². The second-order valence-electron chi connectivity index (χ2n) is 3.30. The van der Waals surface area contributed by atoms with E-state index in [2.05, 4.69) is 0 Å². The summed E-state index contributed by atoms with van der Waals surface area (Å²) in [5.74, 6) is 0.600. The number of thioether (sulfide) groups is 1. The van der Waals surface area contributed by atoms with Gasteiger partial charge in [-0.25, -0.2) is 4.39 Å². The van der Waals surface area contributed by atoms with Crippen LogP contribution in [-0.2, 0) is 0 Å². The Morgan fingerprint density at radius 2 is 2.25 bits per heavy atom. The number of ether oxygens (including phenoxy) is 1. The molecule has 0 unspecified atom stereocenters. The summed E-state index contributed by atoms with van der Waals surface area (Å²) < 4.78 is 18.5. The first-order chi connectivity index (χ1) is 7.70. The van der Waals surface area contributed by atoms with Crippen LogP contribution >= 0.6 is 11.8 Å². The molecule has 1 aromatic carbocycles. The minimum atomic E-state index is -0.563. The van der Waals surface area contributed by atoms with Crippen LogP contribution in [0.5, 0.6) is 5.75 Å². The highest BCUT2D eigenvalue weighted by molar-refractivity contribution is 7.99. The van der Waals surface area contributed by atoms with Gasteiger partial charge in [0.05, 0.1) is 18.4 Å². The first-order valence-corrected chi connectivity index (χ1v) is 6.29. The molecule has 0 bridgehead atoms. The number of benzene rings is 1. The molecule has 16 heavy (non-hydrogen) atoms. The van der Waals surface area contributed by atoms with Gasteiger partial charge in [0.25, 0.3) is 0 Å². The molecule has 0 aliphatic heterocycles. The molecule has 0 spiro atoms. The van der Waals surface area contributed by atoms with Gasteiger partial charge in [0.2, 0.25) is 0 Å². The van der Waals surface area contributed by atoms with Crippen LogP contribution < -0.4 is 4.74 Å². The lowest BCUT2D eigenvalue weighted by Gasteiger charge is -2.06. The van der Waals surface area contributed by atoms with Gasteiger partial charge >= 0.3 is 0 Å². The first-order valence-electron chi connectivity index (χ1n) is 5.14. The van der Waals surface area contributed by atoms with Gasteiger partial charge in [0.1, 0.15) is 0 Å². The third-order valence-corrected chi connectivity index (χ3v) is 3.23. The normalized spacial score (nSPS) is 10.2. The summed E-state index contributed by atoms with van der Waals surface area (Å²) in [6.45, 7) is 2.05. The van der Waals surface area contributed by atoms with E-state index in [1.165, 1.54) is 31.0 Å². The molecule has 0 aliphatic carbocycles. The maximum Gasteiger partial charge on any atom is 0.175 e. The van der Waals surface area contributed by atoms with Gasteiger partial charge in [0, 0.05) is 0 Å². The van der Waals surface area contributed by atoms with E-state index in [1.807, 2.05) is 6.92 Å². The molecule has 1 rings (SSSR count). The van der Waals surface area contributed by atoms with E-state index in [1.54, 1.807) is 6.07 Å². The Balaban J connectivity index is 2.75. The number of methoxy groups -OCH3 is 1. The summed E-state index contributed by atoms with van der Waals surface area (Å²) in [6, 6.07) is 4.62. The minimum absolute atomic E-state index is 0.114. The van der Waals surface area contributed by atoms with Crippen molar-refractivity contribution in [2.75, 3.05) is 18.6 Å². The molecule has 0 radical (unpaired) electrons. The number of halogens is 1. The van der Waals surface area contributed by atoms with Crippen LogP contribution in [0.15, 0.2) is 18.2 Å². The SMILES string of the molecule is CCCSCC(=O)c1cccc(OC)c1F. The van der Waals surface area contributed by atoms with E-state index < -0.39 is 5.82 Å². The Labute approximate surface area is 99.2 Å². The lowest BCUT2D eigenvalue weighted by atomic mass is 10.1. The zero-order valence-corrected chi connectivity index (χ0v) is 10.3. The number of ketones is 1. The number of hydrogen-bond donors (Lipinski definition) is 0. The Bertz CT molecular complexity index is 366. The number of Topliss-reactive ketones (excluding diaryl/α,β-unsaturated/α-hetero) is 1. The fourth-order valence-corrected chi connectivity index (χ4v) is 2.04. The average molecular weight is 242 g/mol. The molecule has 0 fully saturated rings. The van der Waals surface area contributed by atoms with Crippen molar-refractivity contribution in [1.29, 1.82) is 0 Å². The predicted octanol–water partition coefficient (Wildman–Crippen LogP) is 3.16. The van der Waals surface area contributed by atoms with E-state index >= 15 is 0 Å². The quantitative estimate of drug-likeness (QED) is 0.566. The molecule has 0 aliphatic rings. The molecule has 0 atom stereocenters. The lowest BCUT2D eigenvalue weighted by molar-refractivity contribution is 0.101. The van der Waals surface area contributed by atoms with Crippen molar-refractivity contribution < 1.29 is 13.9 Å². The van der Waals surface area contributed by atoms with E-state index in [4.69, 9.17) is 4.74 Å². The molecule has 0 saturated carbocycles. The summed E-state index contributed by atoms with van der Waals surface area (Å²) in [6.07, 6.45) is 1.01. The first kappa shape index (κ1) is 13.0. The standard InChI is InChI=1S/C12H15FO2S/c1-3-7-16-8-10(14)9-5-4-6-11(15-2)12(9)13/h4-6H,3,7-8H2,1-2H3. The summed E-state index contributed by atoms with van der Waals surface area (Å²) in [7, 11) is 1.39. The van der Waals surface area contributed by atoms with E-state index in [0.29, 0.717) is 5.75 Å². The third-order valence-electron chi connectivity index (χ3n) is 2.07. The average Bonchev–Trinajstić information content (AvgIpc) is 2.29. The van der Waals surface area contributed by atoms with Crippen LogP contribution in [0, 0.1) is 5.82 Å². The van der Waals surface area contributed by atoms with Gasteiger partial charge in [-0.3, -0.25) is 4.79 Å². The largest absolute Gasteiger partial charge is 0.494 e. The van der Waals surface area contributed by atoms with Gasteiger partial charge in [-0.1, -0.05) is 13.0 Å². The molecule has 88 valence electrons. The van der Waals surface area contributed by atoms with Gasteiger partial charge < -0.3 is 4.74 Å². The summed E-state index contributed by atoms with van der Waals surface area (Å²) in [5, 5.41) is 0. The third kappa shape index (κ3) is 3.23. The Hall–Kier alpha value is -1.03. The summed E-state index contributed by atoms with van der Waals surface area (Å²) >= 11 is 1.52. The fraction of sp³-hybridized carbons (Fsp3) is 0.417. The summed E-state index contributed by atoms with van der Waals surface area (Å²) in [5.41, 5.74) is 0.114. The van der Waals surface area contributed by atoms with Gasteiger partial charge in [-0.2, -0.15) is 11.8 Å². The van der Waals surface area contributed by atoms with E-state index in [-0.39, 0.29) is 17.1 Å². The van der Waals surface area contributed by atoms with E-state index in [0.717, 1.165) is 12.2 Å². The molecular weight excluding hydrogens is 227 g/mol. The van der Waals surface area contributed by atoms with Crippen LogP contribution in [0.1, 0.15) is 23.7 Å². The molecule has 0 amide bonds. The molecule has 2 nitrogen and oxygen atoms in total. The highest BCUT2D eigenvalue weighted by Gasteiger charge is 2.14. The van der Waals surface area contributed by atoms with Crippen molar-refractivity contribution >= 4 is 17.5 Å². The molecule has 0 aromatic heterocycles. The highest BCUT2D eigenvalue weighted by atomic mass is 32.2. The highest BCUT2D eigenvalue weighted by Crippen LogP contribution is 2.21. The Morgan fingerprint density at radius 1 is 1.50 bits per heavy atom. The second-order valence-corrected chi connectivity index (χ2v) is 4.40. The van der Waals surface area contributed by atoms with Crippen LogP contribution in [0.4, 0.5) is 4.39 Å². The monoisotopic (exact) mass is 242 g/mol. The van der Waals surface area contributed by atoms with Crippen molar-refractivity contribution in [3.05, 3.63) is 29.6 Å². The second kappa shape index (κ2) is 6.53. The molecular formula is C12H15FO2S. The zero-order chi connectivity index (χ0) is 12.0. The van der Waals surface area contributed by atoms with E-state index in [9.17, 15) is 9.18 Å². The van der Waals surface area contributed by atoms with Crippen LogP contribution in [0.2, 0.25) is 0 Å². The molecule has 1 aromatic rings. The van der Waals surface area contributed by atoms with Gasteiger partial charge in [0.15, 0.2) is 17.3 Å². The number of carbonyl (C=O) groups excluding carboxylic acids is 1.